The first-order chi connectivity index (χ1) is 13.2. The molecule has 2 unspecified atom stereocenters. The Morgan fingerprint density at radius 2 is 1.71 bits per heavy atom. The van der Waals surface area contributed by atoms with Crippen LogP contribution in [0, 0.1) is 0 Å². The first-order valence-corrected chi connectivity index (χ1v) is 11.1. The molecular weight excluding hydrogens is 370 g/mol. The Kier molecular flexibility index (Phi) is 9.60. The number of hydrogen-bond donors (Lipinski definition) is 1. The molecular formula is C23H38ClN3O. The number of amides is 2. The average molecular weight is 408 g/mol. The van der Waals surface area contributed by atoms with E-state index < -0.39 is 0 Å². The fourth-order valence-electron chi connectivity index (χ4n) is 4.45. The van der Waals surface area contributed by atoms with E-state index in [0.717, 1.165) is 31.6 Å². The third-order valence-electron chi connectivity index (χ3n) is 6.23. The van der Waals surface area contributed by atoms with Crippen LogP contribution >= 0.6 is 12.4 Å². The van der Waals surface area contributed by atoms with Gasteiger partial charge in [0.15, 0.2) is 0 Å². The summed E-state index contributed by atoms with van der Waals surface area (Å²) < 4.78 is 0. The molecule has 2 bridgehead atoms. The third kappa shape index (κ3) is 6.12. The molecule has 0 saturated carbocycles. The van der Waals surface area contributed by atoms with Gasteiger partial charge in [-0.3, -0.25) is 4.90 Å². The quantitative estimate of drug-likeness (QED) is 0.527. The molecule has 3 rings (SSSR count). The molecule has 2 heterocycles. The van der Waals surface area contributed by atoms with Gasteiger partial charge < -0.3 is 10.2 Å². The lowest BCUT2D eigenvalue weighted by Gasteiger charge is -2.31. The third-order valence-corrected chi connectivity index (χ3v) is 6.23. The van der Waals surface area contributed by atoms with Crippen LogP contribution in [-0.2, 0) is 6.42 Å². The first kappa shape index (κ1) is 23.0. The number of fused-ring (bicyclic) bond motifs is 2. The summed E-state index contributed by atoms with van der Waals surface area (Å²) in [6.07, 6.45) is 13.1. The van der Waals surface area contributed by atoms with E-state index in [9.17, 15) is 4.79 Å². The highest BCUT2D eigenvalue weighted by molar-refractivity contribution is 5.92. The molecule has 28 heavy (non-hydrogen) atoms. The maximum Gasteiger partial charge on any atom is 0.324 e. The van der Waals surface area contributed by atoms with Crippen molar-refractivity contribution in [1.29, 1.82) is 0 Å². The topological polar surface area (TPSA) is 35.6 Å². The van der Waals surface area contributed by atoms with E-state index >= 15 is 0 Å². The SMILES string of the molecule is CCCCCCCCCCc1ccc(N(C)C(=O)N2CC3CC2CN3)cc1.Cl. The zero-order valence-electron chi connectivity index (χ0n) is 17.7. The number of piperazine rings is 1. The number of nitrogens with one attached hydrogen (secondary N) is 1. The van der Waals surface area contributed by atoms with Crippen LogP contribution in [0.15, 0.2) is 24.3 Å². The molecule has 2 aliphatic heterocycles. The highest BCUT2D eigenvalue weighted by Crippen LogP contribution is 2.26. The molecule has 0 aliphatic carbocycles. The van der Waals surface area contributed by atoms with Crippen molar-refractivity contribution in [2.45, 2.75) is 83.2 Å². The average Bonchev–Trinajstić information content (AvgIpc) is 3.33. The Morgan fingerprint density at radius 3 is 2.29 bits per heavy atom. The van der Waals surface area contributed by atoms with Gasteiger partial charge in [-0.15, -0.1) is 12.4 Å². The predicted octanol–water partition coefficient (Wildman–Crippen LogP) is 5.39. The molecule has 2 aliphatic rings. The smallest absolute Gasteiger partial charge is 0.318 e. The minimum Gasteiger partial charge on any atom is -0.318 e. The largest absolute Gasteiger partial charge is 0.324 e. The van der Waals surface area contributed by atoms with Crippen LogP contribution in [0.5, 0.6) is 0 Å². The van der Waals surface area contributed by atoms with Gasteiger partial charge in [0.2, 0.25) is 0 Å². The summed E-state index contributed by atoms with van der Waals surface area (Å²) in [6.45, 7) is 4.07. The summed E-state index contributed by atoms with van der Waals surface area (Å²) in [5.41, 5.74) is 2.38. The Labute approximate surface area is 177 Å². The predicted molar refractivity (Wildman–Crippen MR) is 121 cm³/mol. The van der Waals surface area contributed by atoms with E-state index in [1.54, 1.807) is 4.90 Å². The lowest BCUT2D eigenvalue weighted by molar-refractivity contribution is 0.193. The van der Waals surface area contributed by atoms with Crippen molar-refractivity contribution in [2.24, 2.45) is 0 Å². The van der Waals surface area contributed by atoms with Crippen molar-refractivity contribution in [3.05, 3.63) is 29.8 Å². The Morgan fingerprint density at radius 1 is 1.07 bits per heavy atom. The standard InChI is InChI=1S/C23H37N3O.ClH/c1-3-4-5-6-7-8-9-10-11-19-12-14-21(15-13-19)25(2)23(27)26-18-20-16-22(26)17-24-20;/h12-15,20,22,24H,3-11,16-18H2,1-2H3;1H. The van der Waals surface area contributed by atoms with E-state index in [4.69, 9.17) is 0 Å². The molecule has 2 amide bonds. The summed E-state index contributed by atoms with van der Waals surface area (Å²) >= 11 is 0. The number of urea groups is 1. The van der Waals surface area contributed by atoms with Crippen LogP contribution < -0.4 is 10.2 Å². The Hall–Kier alpha value is -1.26. The number of benzene rings is 1. The van der Waals surface area contributed by atoms with Crippen LogP contribution in [0.4, 0.5) is 10.5 Å². The fraction of sp³-hybridized carbons (Fsp3) is 0.696. The molecule has 1 aromatic rings. The van der Waals surface area contributed by atoms with Gasteiger partial charge in [-0.2, -0.15) is 0 Å². The monoisotopic (exact) mass is 407 g/mol. The molecule has 0 radical (unpaired) electrons. The zero-order valence-corrected chi connectivity index (χ0v) is 18.5. The van der Waals surface area contributed by atoms with E-state index in [1.807, 2.05) is 11.9 Å². The molecule has 5 heteroatoms. The number of nitrogens with zero attached hydrogens (tertiary/aromatic N) is 2. The number of rotatable bonds is 10. The van der Waals surface area contributed by atoms with Gasteiger partial charge >= 0.3 is 6.03 Å². The maximum atomic E-state index is 12.8. The highest BCUT2D eigenvalue weighted by atomic mass is 35.5. The summed E-state index contributed by atoms with van der Waals surface area (Å²) in [5.74, 6) is 0. The van der Waals surface area contributed by atoms with Crippen molar-refractivity contribution < 1.29 is 4.79 Å². The van der Waals surface area contributed by atoms with Crippen LogP contribution in [-0.4, -0.2) is 43.2 Å². The van der Waals surface area contributed by atoms with Gasteiger partial charge in [-0.1, -0.05) is 64.0 Å². The summed E-state index contributed by atoms with van der Waals surface area (Å²) in [4.78, 5) is 16.6. The lowest BCUT2D eigenvalue weighted by atomic mass is 10.0. The van der Waals surface area contributed by atoms with Crippen molar-refractivity contribution >= 4 is 24.1 Å². The number of aryl methyl sites for hydroxylation is 1. The normalized spacial score (nSPS) is 20.3. The fourth-order valence-corrected chi connectivity index (χ4v) is 4.45. The van der Waals surface area contributed by atoms with Gasteiger partial charge in [-0.25, -0.2) is 4.79 Å². The molecule has 2 saturated heterocycles. The van der Waals surface area contributed by atoms with Crippen LogP contribution in [0.3, 0.4) is 0 Å². The van der Waals surface area contributed by atoms with Crippen LogP contribution in [0.25, 0.3) is 0 Å². The minimum atomic E-state index is 0. The molecule has 2 fully saturated rings. The second-order valence-electron chi connectivity index (χ2n) is 8.38. The molecule has 158 valence electrons. The van der Waals surface area contributed by atoms with Crippen molar-refractivity contribution in [2.75, 3.05) is 25.0 Å². The number of carbonyl (C=O) groups excluding carboxylic acids is 1. The van der Waals surface area contributed by atoms with Gasteiger partial charge in [0.25, 0.3) is 0 Å². The zero-order chi connectivity index (χ0) is 19.1. The van der Waals surface area contributed by atoms with Crippen molar-refractivity contribution in [3.8, 4) is 0 Å². The highest BCUT2D eigenvalue weighted by Gasteiger charge is 2.41. The van der Waals surface area contributed by atoms with Crippen LogP contribution in [0.1, 0.15) is 70.3 Å². The number of carbonyl (C=O) groups is 1. The van der Waals surface area contributed by atoms with E-state index in [0.29, 0.717) is 12.1 Å². The lowest BCUT2D eigenvalue weighted by Crippen LogP contribution is -2.51. The number of halogens is 1. The summed E-state index contributed by atoms with van der Waals surface area (Å²) in [5, 5.41) is 3.46. The van der Waals surface area contributed by atoms with Crippen LogP contribution in [0.2, 0.25) is 0 Å². The van der Waals surface area contributed by atoms with E-state index in [-0.39, 0.29) is 18.4 Å². The second kappa shape index (κ2) is 11.7. The molecule has 2 atom stereocenters. The summed E-state index contributed by atoms with van der Waals surface area (Å²) in [6, 6.07) is 9.61. The van der Waals surface area contributed by atoms with E-state index in [1.165, 1.54) is 56.9 Å². The minimum absolute atomic E-state index is 0. The number of hydrogen-bond acceptors (Lipinski definition) is 2. The molecule has 1 N–H and O–H groups in total. The number of likely N-dealkylation sites (tertiary alicyclic amines) is 1. The molecule has 0 aromatic heterocycles. The Bertz CT molecular complexity index is 592. The van der Waals surface area contributed by atoms with Crippen molar-refractivity contribution in [1.82, 2.24) is 10.2 Å². The molecule has 1 aromatic carbocycles. The molecule has 4 nitrogen and oxygen atoms in total. The van der Waals surface area contributed by atoms with Gasteiger partial charge in [0, 0.05) is 37.9 Å². The Balaban J connectivity index is 0.00000280. The molecule has 0 spiro atoms. The number of unbranched alkanes of at least 4 members (excludes halogenated alkanes) is 7. The summed E-state index contributed by atoms with van der Waals surface area (Å²) in [7, 11) is 1.90. The van der Waals surface area contributed by atoms with Gasteiger partial charge in [0.05, 0.1) is 0 Å². The number of anilines is 1. The van der Waals surface area contributed by atoms with E-state index in [2.05, 4.69) is 36.5 Å². The second-order valence-corrected chi connectivity index (χ2v) is 8.38. The van der Waals surface area contributed by atoms with Gasteiger partial charge in [0.1, 0.15) is 0 Å². The first-order valence-electron chi connectivity index (χ1n) is 11.1. The van der Waals surface area contributed by atoms with Gasteiger partial charge in [-0.05, 0) is 37.0 Å². The maximum absolute atomic E-state index is 12.8. The van der Waals surface area contributed by atoms with Crippen molar-refractivity contribution in [3.63, 3.8) is 0 Å².